The van der Waals surface area contributed by atoms with Gasteiger partial charge in [-0.05, 0) is 62.2 Å². The number of hydrogen-bond donors (Lipinski definition) is 2. The van der Waals surface area contributed by atoms with E-state index in [2.05, 4.69) is 15.5 Å². The Hall–Kier alpha value is -1.02. The van der Waals surface area contributed by atoms with Crippen LogP contribution in [0.5, 0.6) is 0 Å². The van der Waals surface area contributed by atoms with E-state index in [9.17, 15) is 18.0 Å². The largest absolute Gasteiger partial charge is 0.416 e. The normalized spacial score (nSPS) is 23.9. The van der Waals surface area contributed by atoms with Gasteiger partial charge < -0.3 is 10.6 Å². The number of nitrogens with one attached hydrogen (secondary N) is 2. The van der Waals surface area contributed by atoms with Crippen LogP contribution in [0.2, 0.25) is 0 Å². The predicted molar refractivity (Wildman–Crippen MR) is 115 cm³/mol. The molecule has 1 amide bonds. The fourth-order valence-corrected chi connectivity index (χ4v) is 4.84. The highest BCUT2D eigenvalue weighted by atomic mass is 35.5. The molecule has 2 saturated heterocycles. The summed E-state index contributed by atoms with van der Waals surface area (Å²) in [5, 5.41) is 6.59. The van der Waals surface area contributed by atoms with Crippen molar-refractivity contribution in [1.82, 2.24) is 15.5 Å². The van der Waals surface area contributed by atoms with Crippen LogP contribution in [0.4, 0.5) is 13.2 Å². The van der Waals surface area contributed by atoms with E-state index >= 15 is 0 Å². The molecule has 2 N–H and O–H groups in total. The smallest absolute Gasteiger partial charge is 0.353 e. The zero-order valence-electron chi connectivity index (χ0n) is 16.8. The summed E-state index contributed by atoms with van der Waals surface area (Å²) < 4.78 is 38.6. The average Bonchev–Trinajstić information content (AvgIpc) is 3.36. The Morgan fingerprint density at radius 2 is 1.83 bits per heavy atom. The molecular formula is C21H30Cl2F3N3O. The van der Waals surface area contributed by atoms with Gasteiger partial charge in [-0.15, -0.1) is 24.8 Å². The lowest BCUT2D eigenvalue weighted by molar-refractivity contribution is -0.137. The van der Waals surface area contributed by atoms with E-state index in [1.54, 1.807) is 6.07 Å². The van der Waals surface area contributed by atoms with Crippen molar-refractivity contribution in [2.75, 3.05) is 26.2 Å². The lowest BCUT2D eigenvalue weighted by atomic mass is 9.91. The summed E-state index contributed by atoms with van der Waals surface area (Å²) in [6.45, 7) is 4.13. The molecule has 3 fully saturated rings. The molecule has 1 aliphatic carbocycles. The summed E-state index contributed by atoms with van der Waals surface area (Å²) in [4.78, 5) is 14.8. The Labute approximate surface area is 188 Å². The van der Waals surface area contributed by atoms with Crippen molar-refractivity contribution < 1.29 is 18.0 Å². The molecule has 0 aromatic heterocycles. The summed E-state index contributed by atoms with van der Waals surface area (Å²) in [5.74, 6) is 0.385. The molecule has 3 aliphatic rings. The maximum atomic E-state index is 12.9. The van der Waals surface area contributed by atoms with Crippen molar-refractivity contribution in [3.63, 3.8) is 0 Å². The van der Waals surface area contributed by atoms with Crippen molar-refractivity contribution in [3.05, 3.63) is 35.4 Å². The van der Waals surface area contributed by atoms with Gasteiger partial charge >= 0.3 is 6.18 Å². The fraction of sp³-hybridized carbons (Fsp3) is 0.667. The van der Waals surface area contributed by atoms with Crippen LogP contribution in [0.25, 0.3) is 0 Å². The SMILES string of the molecule is Cl.Cl.O=C(NC1CCN(Cc2cccc(C(F)(F)F)c2)CC1)C1CC12CCNCC2. The first kappa shape index (κ1) is 25.2. The van der Waals surface area contributed by atoms with Crippen molar-refractivity contribution in [1.29, 1.82) is 0 Å². The van der Waals surface area contributed by atoms with Crippen LogP contribution in [-0.4, -0.2) is 43.0 Å². The summed E-state index contributed by atoms with van der Waals surface area (Å²) >= 11 is 0. The number of alkyl halides is 3. The number of carbonyl (C=O) groups excluding carboxylic acids is 1. The maximum Gasteiger partial charge on any atom is 0.416 e. The molecule has 4 nitrogen and oxygen atoms in total. The zero-order chi connectivity index (χ0) is 19.8. The van der Waals surface area contributed by atoms with Gasteiger partial charge in [-0.3, -0.25) is 9.69 Å². The molecule has 2 heterocycles. The third-order valence-corrected chi connectivity index (χ3v) is 6.70. The Balaban J connectivity index is 0.00000160. The van der Waals surface area contributed by atoms with Gasteiger partial charge in [0.15, 0.2) is 0 Å². The van der Waals surface area contributed by atoms with E-state index in [4.69, 9.17) is 0 Å². The van der Waals surface area contributed by atoms with Crippen molar-refractivity contribution in [3.8, 4) is 0 Å². The quantitative estimate of drug-likeness (QED) is 0.702. The van der Waals surface area contributed by atoms with Crippen LogP contribution in [-0.2, 0) is 17.5 Å². The predicted octanol–water partition coefficient (Wildman–Crippen LogP) is 4.02. The van der Waals surface area contributed by atoms with Crippen LogP contribution < -0.4 is 10.6 Å². The molecule has 0 bridgehead atoms. The summed E-state index contributed by atoms with van der Waals surface area (Å²) in [6.07, 6.45) is 0.621. The highest BCUT2D eigenvalue weighted by Crippen LogP contribution is 2.58. The van der Waals surface area contributed by atoms with Gasteiger partial charge in [-0.1, -0.05) is 18.2 Å². The average molecular weight is 468 g/mol. The van der Waals surface area contributed by atoms with Crippen LogP contribution in [0.15, 0.2) is 24.3 Å². The van der Waals surface area contributed by atoms with E-state index in [0.717, 1.165) is 64.3 Å². The van der Waals surface area contributed by atoms with E-state index in [1.165, 1.54) is 12.1 Å². The summed E-state index contributed by atoms with van der Waals surface area (Å²) in [7, 11) is 0. The van der Waals surface area contributed by atoms with E-state index < -0.39 is 11.7 Å². The second-order valence-electron chi connectivity index (χ2n) is 8.63. The minimum Gasteiger partial charge on any atom is -0.353 e. The number of likely N-dealkylation sites (tertiary alicyclic amines) is 1. The number of rotatable bonds is 4. The lowest BCUT2D eigenvalue weighted by Crippen LogP contribution is -2.45. The minimum absolute atomic E-state index is 0. The lowest BCUT2D eigenvalue weighted by Gasteiger charge is -2.33. The van der Waals surface area contributed by atoms with Gasteiger partial charge in [0.1, 0.15) is 0 Å². The highest BCUT2D eigenvalue weighted by molar-refractivity contribution is 5.85. The molecule has 1 aromatic carbocycles. The first-order chi connectivity index (χ1) is 13.4. The first-order valence-corrected chi connectivity index (χ1v) is 10.3. The van der Waals surface area contributed by atoms with Gasteiger partial charge in [0.2, 0.25) is 5.91 Å². The van der Waals surface area contributed by atoms with E-state index in [-0.39, 0.29) is 48.1 Å². The molecule has 170 valence electrons. The van der Waals surface area contributed by atoms with Crippen molar-refractivity contribution in [2.45, 2.75) is 50.9 Å². The molecule has 1 unspecified atom stereocenters. The van der Waals surface area contributed by atoms with Gasteiger partial charge in [0.25, 0.3) is 0 Å². The third-order valence-electron chi connectivity index (χ3n) is 6.70. The number of carbonyl (C=O) groups is 1. The van der Waals surface area contributed by atoms with Gasteiger partial charge in [-0.2, -0.15) is 13.2 Å². The van der Waals surface area contributed by atoms with Crippen molar-refractivity contribution in [2.24, 2.45) is 11.3 Å². The Morgan fingerprint density at radius 1 is 1.17 bits per heavy atom. The number of benzene rings is 1. The molecular weight excluding hydrogens is 438 g/mol. The number of halogens is 5. The molecule has 1 saturated carbocycles. The molecule has 9 heteroatoms. The number of piperidine rings is 2. The monoisotopic (exact) mass is 467 g/mol. The molecule has 4 rings (SSSR count). The second-order valence-corrected chi connectivity index (χ2v) is 8.63. The molecule has 30 heavy (non-hydrogen) atoms. The van der Waals surface area contributed by atoms with Crippen molar-refractivity contribution >= 4 is 30.7 Å². The molecule has 1 spiro atoms. The molecule has 0 radical (unpaired) electrons. The Kier molecular flexibility index (Phi) is 8.47. The van der Waals surface area contributed by atoms with Crippen LogP contribution in [0.3, 0.4) is 0 Å². The summed E-state index contributed by atoms with van der Waals surface area (Å²) in [6, 6.07) is 5.74. The Bertz CT molecular complexity index is 718. The van der Waals surface area contributed by atoms with Gasteiger partial charge in [-0.25, -0.2) is 0 Å². The zero-order valence-corrected chi connectivity index (χ0v) is 18.5. The standard InChI is InChI=1S/C21H28F3N3O.2ClH/c22-21(23,24)16-3-1-2-15(12-16)14-27-10-4-17(5-11-27)26-19(28)18-13-20(18)6-8-25-9-7-20;;/h1-3,12,17-18,25H,4-11,13-14H2,(H,26,28);2*1H. The van der Waals surface area contributed by atoms with Crippen LogP contribution >= 0.6 is 24.8 Å². The van der Waals surface area contributed by atoms with Gasteiger partial charge in [0.05, 0.1) is 5.56 Å². The minimum atomic E-state index is -4.30. The molecule has 1 aromatic rings. The number of amides is 1. The molecule has 2 aliphatic heterocycles. The Morgan fingerprint density at radius 3 is 2.47 bits per heavy atom. The van der Waals surface area contributed by atoms with E-state index in [1.807, 2.05) is 0 Å². The third kappa shape index (κ3) is 5.81. The number of nitrogens with zero attached hydrogens (tertiary/aromatic N) is 1. The van der Waals surface area contributed by atoms with Gasteiger partial charge in [0, 0.05) is 31.6 Å². The maximum absolute atomic E-state index is 12.9. The topological polar surface area (TPSA) is 44.4 Å². The number of hydrogen-bond acceptors (Lipinski definition) is 3. The first-order valence-electron chi connectivity index (χ1n) is 10.3. The second kappa shape index (κ2) is 10.1. The van der Waals surface area contributed by atoms with Crippen LogP contribution in [0.1, 0.15) is 43.2 Å². The van der Waals surface area contributed by atoms with Crippen LogP contribution in [0, 0.1) is 11.3 Å². The van der Waals surface area contributed by atoms with E-state index in [0.29, 0.717) is 12.1 Å². The highest BCUT2D eigenvalue weighted by Gasteiger charge is 2.57. The molecule has 1 atom stereocenters. The fourth-order valence-electron chi connectivity index (χ4n) is 4.84. The summed E-state index contributed by atoms with van der Waals surface area (Å²) in [5.41, 5.74) is 0.339.